The molecule has 0 spiro atoms. The first-order valence-electron chi connectivity index (χ1n) is 17.1. The second-order valence-electron chi connectivity index (χ2n) is 15.2. The Morgan fingerprint density at radius 1 is 0.778 bits per heavy atom. The quantitative estimate of drug-likeness (QED) is 0.0852. The van der Waals surface area contributed by atoms with Gasteiger partial charge in [0.25, 0.3) is 0 Å². The first-order chi connectivity index (χ1) is 25.1. The zero-order valence-electron chi connectivity index (χ0n) is 32.1. The SMILES string of the molecule is CC(C)(C)OC(=O)NC(=Nc1ccc(C(=O)Oc2ccc(CCC(=O)N[C@@H](Cc3ccccc3)C(C)(C)C)c(Cl)c2)cc1)NC(=O)OC(C)(C)C.O=C=O. The molecule has 14 heteroatoms. The van der Waals surface area contributed by atoms with Crippen LogP contribution in [0, 0.1) is 5.41 Å². The summed E-state index contributed by atoms with van der Waals surface area (Å²) in [6.45, 7) is 16.5. The molecule has 3 aromatic rings. The van der Waals surface area contributed by atoms with Crippen LogP contribution in [0.15, 0.2) is 77.8 Å². The zero-order valence-corrected chi connectivity index (χ0v) is 32.9. The smallest absolute Gasteiger partial charge is 0.414 e. The van der Waals surface area contributed by atoms with Crippen LogP contribution < -0.4 is 20.7 Å². The second kappa shape index (κ2) is 20.1. The van der Waals surface area contributed by atoms with E-state index in [1.807, 2.05) is 18.2 Å². The van der Waals surface area contributed by atoms with Gasteiger partial charge < -0.3 is 19.5 Å². The molecule has 0 aliphatic heterocycles. The number of aliphatic imine (C=N–C) groups is 1. The molecule has 0 bridgehead atoms. The van der Waals surface area contributed by atoms with E-state index in [-0.39, 0.29) is 47.2 Å². The van der Waals surface area contributed by atoms with Gasteiger partial charge >= 0.3 is 24.3 Å². The standard InChI is InChI=1S/C39H49ClN4O7.CO2/c1-37(2,3)31(23-25-13-11-10-12-14-25)42-32(45)22-18-26-17-21-29(24-30(26)40)49-33(46)27-15-19-28(20-16-27)41-34(43-35(47)50-38(4,5)6)44-36(48)51-39(7,8)9;2-1-3/h10-17,19-21,24,31H,18,22-23H2,1-9H3,(H,42,45)(H2,41,43,44,47,48);/t31-;/m0./s1. The van der Waals surface area contributed by atoms with Gasteiger partial charge in [-0.2, -0.15) is 9.59 Å². The van der Waals surface area contributed by atoms with Crippen LogP contribution in [0.4, 0.5) is 15.3 Å². The van der Waals surface area contributed by atoms with Crippen molar-refractivity contribution in [1.82, 2.24) is 16.0 Å². The molecule has 0 heterocycles. The Balaban J connectivity index is 0.00000325. The molecular weight excluding hydrogens is 716 g/mol. The van der Waals surface area contributed by atoms with Crippen molar-refractivity contribution in [3.8, 4) is 5.75 Å². The molecule has 0 aromatic heterocycles. The average Bonchev–Trinajstić information content (AvgIpc) is 3.03. The summed E-state index contributed by atoms with van der Waals surface area (Å²) in [7, 11) is 0. The predicted octanol–water partition coefficient (Wildman–Crippen LogP) is 7.72. The molecule has 0 fully saturated rings. The Morgan fingerprint density at radius 2 is 1.31 bits per heavy atom. The Labute approximate surface area is 321 Å². The number of aryl methyl sites for hydroxylation is 1. The minimum atomic E-state index is -0.835. The van der Waals surface area contributed by atoms with Crippen LogP contribution in [0.5, 0.6) is 5.75 Å². The lowest BCUT2D eigenvalue weighted by Gasteiger charge is -2.32. The lowest BCUT2D eigenvalue weighted by atomic mass is 9.83. The number of hydrogen-bond donors (Lipinski definition) is 3. The molecule has 3 amide bonds. The fourth-order valence-electron chi connectivity index (χ4n) is 4.59. The fourth-order valence-corrected chi connectivity index (χ4v) is 4.85. The van der Waals surface area contributed by atoms with Gasteiger partial charge in [-0.25, -0.2) is 19.4 Å². The van der Waals surface area contributed by atoms with Crippen molar-refractivity contribution < 1.29 is 43.0 Å². The van der Waals surface area contributed by atoms with Crippen LogP contribution in [0.2, 0.25) is 5.02 Å². The molecule has 0 unspecified atom stereocenters. The number of rotatable bonds is 9. The van der Waals surface area contributed by atoms with Gasteiger partial charge in [-0.1, -0.05) is 68.8 Å². The van der Waals surface area contributed by atoms with Gasteiger partial charge in [-0.05, 0) is 107 Å². The maximum Gasteiger partial charge on any atom is 0.414 e. The van der Waals surface area contributed by atoms with Gasteiger partial charge in [-0.15, -0.1) is 0 Å². The van der Waals surface area contributed by atoms with Gasteiger partial charge in [0.05, 0.1) is 11.3 Å². The molecule has 0 aliphatic carbocycles. The summed E-state index contributed by atoms with van der Waals surface area (Å²) in [5, 5.41) is 8.38. The van der Waals surface area contributed by atoms with Crippen molar-refractivity contribution in [2.45, 2.75) is 98.8 Å². The number of halogens is 1. The lowest BCUT2D eigenvalue weighted by Crippen LogP contribution is -2.47. The summed E-state index contributed by atoms with van der Waals surface area (Å²) < 4.78 is 16.1. The normalized spacial score (nSPS) is 11.7. The lowest BCUT2D eigenvalue weighted by molar-refractivity contribution is -0.191. The van der Waals surface area contributed by atoms with Gasteiger partial charge in [0.2, 0.25) is 11.9 Å². The summed E-state index contributed by atoms with van der Waals surface area (Å²) in [5.74, 6) is -0.707. The highest BCUT2D eigenvalue weighted by molar-refractivity contribution is 6.31. The van der Waals surface area contributed by atoms with E-state index in [4.69, 9.17) is 35.4 Å². The molecule has 0 radical (unpaired) electrons. The first-order valence-corrected chi connectivity index (χ1v) is 17.5. The van der Waals surface area contributed by atoms with E-state index in [1.165, 1.54) is 30.3 Å². The summed E-state index contributed by atoms with van der Waals surface area (Å²) in [5.41, 5.74) is 0.718. The zero-order chi connectivity index (χ0) is 40.7. The van der Waals surface area contributed by atoms with Crippen molar-refractivity contribution in [1.29, 1.82) is 0 Å². The maximum atomic E-state index is 12.9. The molecule has 290 valence electrons. The number of nitrogens with zero attached hydrogens (tertiary/aromatic N) is 1. The fraction of sp³-hybridized carbons (Fsp3) is 0.400. The second-order valence-corrected chi connectivity index (χ2v) is 15.6. The largest absolute Gasteiger partial charge is 0.444 e. The van der Waals surface area contributed by atoms with Crippen LogP contribution in [-0.4, -0.2) is 53.4 Å². The third-order valence-corrected chi connectivity index (χ3v) is 7.45. The van der Waals surface area contributed by atoms with E-state index in [0.29, 0.717) is 17.1 Å². The third-order valence-electron chi connectivity index (χ3n) is 7.10. The number of ether oxygens (including phenoxy) is 3. The number of hydrogen-bond acceptors (Lipinski definition) is 10. The molecule has 54 heavy (non-hydrogen) atoms. The molecular formula is C40H49ClN4O9. The van der Waals surface area contributed by atoms with Crippen LogP contribution in [-0.2, 0) is 36.7 Å². The number of benzene rings is 3. The minimum absolute atomic E-state index is 0.0459. The molecule has 0 saturated carbocycles. The third kappa shape index (κ3) is 17.3. The molecule has 3 N–H and O–H groups in total. The van der Waals surface area contributed by atoms with Gasteiger partial charge in [0.1, 0.15) is 17.0 Å². The van der Waals surface area contributed by atoms with Crippen molar-refractivity contribution in [2.24, 2.45) is 10.4 Å². The molecule has 0 saturated heterocycles. The highest BCUT2D eigenvalue weighted by atomic mass is 35.5. The van der Waals surface area contributed by atoms with Gasteiger partial charge in [-0.3, -0.25) is 15.4 Å². The number of carbonyl (C=O) groups excluding carboxylic acids is 6. The summed E-state index contributed by atoms with van der Waals surface area (Å²) in [6.07, 6.45) is -0.0321. The van der Waals surface area contributed by atoms with Crippen LogP contribution >= 0.6 is 11.6 Å². The first kappa shape index (κ1) is 44.6. The highest BCUT2D eigenvalue weighted by Gasteiger charge is 2.27. The monoisotopic (exact) mass is 764 g/mol. The number of esters is 1. The average molecular weight is 765 g/mol. The van der Waals surface area contributed by atoms with Gasteiger partial charge in [0.15, 0.2) is 0 Å². The van der Waals surface area contributed by atoms with E-state index >= 15 is 0 Å². The summed E-state index contributed by atoms with van der Waals surface area (Å²) >= 11 is 6.52. The number of carbonyl (C=O) groups is 4. The Morgan fingerprint density at radius 3 is 1.80 bits per heavy atom. The minimum Gasteiger partial charge on any atom is -0.444 e. The molecule has 3 aromatic carbocycles. The Hall–Kier alpha value is -5.52. The molecule has 3 rings (SSSR count). The van der Waals surface area contributed by atoms with E-state index in [0.717, 1.165) is 17.5 Å². The van der Waals surface area contributed by atoms with E-state index in [1.54, 1.807) is 53.7 Å². The van der Waals surface area contributed by atoms with Crippen molar-refractivity contribution in [2.75, 3.05) is 0 Å². The maximum absolute atomic E-state index is 12.9. The van der Waals surface area contributed by atoms with Crippen molar-refractivity contribution in [3.05, 3.63) is 94.5 Å². The molecule has 13 nitrogen and oxygen atoms in total. The van der Waals surface area contributed by atoms with E-state index < -0.39 is 29.4 Å². The number of amides is 3. The number of guanidine groups is 1. The summed E-state index contributed by atoms with van der Waals surface area (Å²) in [6, 6.07) is 20.9. The van der Waals surface area contributed by atoms with E-state index in [2.05, 4.69) is 53.8 Å². The van der Waals surface area contributed by atoms with Crippen molar-refractivity contribution in [3.63, 3.8) is 0 Å². The Kier molecular flexibility index (Phi) is 16.6. The van der Waals surface area contributed by atoms with Crippen LogP contribution in [0.25, 0.3) is 0 Å². The van der Waals surface area contributed by atoms with Crippen LogP contribution in [0.3, 0.4) is 0 Å². The Bertz CT molecular complexity index is 1770. The van der Waals surface area contributed by atoms with E-state index in [9.17, 15) is 19.2 Å². The highest BCUT2D eigenvalue weighted by Crippen LogP contribution is 2.26. The topological polar surface area (TPSA) is 179 Å². The summed E-state index contributed by atoms with van der Waals surface area (Å²) in [4.78, 5) is 71.2. The van der Waals surface area contributed by atoms with Crippen molar-refractivity contribution >= 4 is 53.5 Å². The molecule has 1 atom stereocenters. The number of alkyl carbamates (subject to hydrolysis) is 2. The number of nitrogens with one attached hydrogen (secondary N) is 3. The molecule has 0 aliphatic rings. The van der Waals surface area contributed by atoms with Crippen LogP contribution in [0.1, 0.15) is 90.2 Å². The predicted molar refractivity (Wildman–Crippen MR) is 204 cm³/mol. The van der Waals surface area contributed by atoms with Gasteiger partial charge in [0, 0.05) is 17.5 Å².